The summed E-state index contributed by atoms with van der Waals surface area (Å²) < 4.78 is 51.3. The van der Waals surface area contributed by atoms with Gasteiger partial charge in [0, 0.05) is 20.6 Å². The maximum absolute atomic E-state index is 13.1. The largest absolute Gasteiger partial charge is 0.478 e. The lowest BCUT2D eigenvalue weighted by Gasteiger charge is -2.27. The molecular weight excluding hydrogens is 520 g/mol. The highest BCUT2D eigenvalue weighted by atomic mass is 79.9. The molecule has 142 valence electrons. The fraction of sp³-hybridized carbons (Fsp3) is 0.118. The summed E-state index contributed by atoms with van der Waals surface area (Å²) >= 11 is 12.7. The highest BCUT2D eigenvalue weighted by Crippen LogP contribution is 2.41. The van der Waals surface area contributed by atoms with Crippen LogP contribution in [0.25, 0.3) is 6.08 Å². The van der Waals surface area contributed by atoms with Gasteiger partial charge in [-0.25, -0.2) is 4.79 Å². The maximum Gasteiger partial charge on any atom is 0.430 e. The van der Waals surface area contributed by atoms with Gasteiger partial charge in [0.05, 0.1) is 10.6 Å². The maximum atomic E-state index is 13.1. The average molecular weight is 529 g/mol. The van der Waals surface area contributed by atoms with E-state index in [0.717, 1.165) is 6.08 Å². The van der Waals surface area contributed by atoms with Crippen LogP contribution >= 0.6 is 43.5 Å². The molecule has 4 nitrogen and oxygen atoms in total. The van der Waals surface area contributed by atoms with E-state index < -0.39 is 23.8 Å². The van der Waals surface area contributed by atoms with Crippen molar-refractivity contribution in [3.8, 4) is 17.2 Å². The van der Waals surface area contributed by atoms with Gasteiger partial charge in [-0.1, -0.05) is 11.6 Å². The Morgan fingerprint density at radius 1 is 1.19 bits per heavy atom. The Morgan fingerprint density at radius 2 is 1.85 bits per heavy atom. The molecule has 0 amide bonds. The van der Waals surface area contributed by atoms with E-state index >= 15 is 0 Å². The minimum Gasteiger partial charge on any atom is -0.478 e. The van der Waals surface area contributed by atoms with Crippen molar-refractivity contribution in [3.05, 3.63) is 55.4 Å². The molecule has 27 heavy (non-hydrogen) atoms. The number of carboxylic acids is 1. The van der Waals surface area contributed by atoms with Crippen LogP contribution in [0.1, 0.15) is 5.56 Å². The number of halogens is 6. The van der Waals surface area contributed by atoms with Crippen LogP contribution in [0.3, 0.4) is 0 Å². The molecule has 0 aliphatic carbocycles. The van der Waals surface area contributed by atoms with Crippen molar-refractivity contribution in [1.82, 2.24) is 0 Å². The predicted molar refractivity (Wildman–Crippen MR) is 99.5 cm³/mol. The molecule has 1 unspecified atom stereocenters. The Kier molecular flexibility index (Phi) is 5.47. The summed E-state index contributed by atoms with van der Waals surface area (Å²) in [6.07, 6.45) is -6.51. The molecule has 1 aliphatic heterocycles. The molecule has 3 rings (SSSR count). The van der Waals surface area contributed by atoms with E-state index in [1.165, 1.54) is 18.2 Å². The summed E-state index contributed by atoms with van der Waals surface area (Å²) in [6, 6.07) is 7.31. The summed E-state index contributed by atoms with van der Waals surface area (Å²) in [5.74, 6) is -1.39. The van der Waals surface area contributed by atoms with Crippen LogP contribution in [-0.4, -0.2) is 23.4 Å². The van der Waals surface area contributed by atoms with E-state index in [-0.39, 0.29) is 27.8 Å². The molecule has 0 bridgehead atoms. The van der Waals surface area contributed by atoms with Gasteiger partial charge in [-0.15, -0.1) is 0 Å². The van der Waals surface area contributed by atoms with Gasteiger partial charge in [-0.2, -0.15) is 13.2 Å². The average Bonchev–Trinajstić information content (AvgIpc) is 2.57. The highest BCUT2D eigenvalue weighted by molar-refractivity contribution is 9.13. The third-order valence-corrected chi connectivity index (χ3v) is 5.71. The summed E-state index contributed by atoms with van der Waals surface area (Å²) in [5, 5.41) is 9.31. The SMILES string of the molecule is O=C(O)C1=Cc2ccc(Oc3cc(Br)c(Br)cc3Cl)cc2OC1C(F)(F)F. The van der Waals surface area contributed by atoms with E-state index in [1.54, 1.807) is 12.1 Å². The van der Waals surface area contributed by atoms with Gasteiger partial charge in [0.2, 0.25) is 6.10 Å². The molecule has 10 heteroatoms. The summed E-state index contributed by atoms with van der Waals surface area (Å²) in [4.78, 5) is 11.1. The molecule has 0 saturated heterocycles. The lowest BCUT2D eigenvalue weighted by atomic mass is 10.0. The molecule has 0 saturated carbocycles. The van der Waals surface area contributed by atoms with Crippen molar-refractivity contribution < 1.29 is 32.5 Å². The second kappa shape index (κ2) is 7.37. The number of ether oxygens (including phenoxy) is 2. The summed E-state index contributed by atoms with van der Waals surface area (Å²) in [6.45, 7) is 0. The van der Waals surface area contributed by atoms with Crippen LogP contribution in [0.15, 0.2) is 44.9 Å². The van der Waals surface area contributed by atoms with E-state index in [4.69, 9.17) is 26.2 Å². The van der Waals surface area contributed by atoms with Gasteiger partial charge in [-0.05, 0) is 62.2 Å². The quantitative estimate of drug-likeness (QED) is 0.466. The van der Waals surface area contributed by atoms with Crippen LogP contribution in [0.4, 0.5) is 13.2 Å². The number of rotatable bonds is 3. The minimum absolute atomic E-state index is 0.146. The first-order chi connectivity index (χ1) is 12.6. The predicted octanol–water partition coefficient (Wildman–Crippen LogP) is 6.45. The fourth-order valence-electron chi connectivity index (χ4n) is 2.36. The number of carbonyl (C=O) groups is 1. The molecule has 2 aromatic carbocycles. The van der Waals surface area contributed by atoms with Crippen LogP contribution < -0.4 is 9.47 Å². The molecule has 1 N–H and O–H groups in total. The van der Waals surface area contributed by atoms with Crippen molar-refractivity contribution in [2.75, 3.05) is 0 Å². The molecule has 0 spiro atoms. The topological polar surface area (TPSA) is 55.8 Å². The number of carboxylic acid groups (broad SMARTS) is 1. The molecule has 0 radical (unpaired) electrons. The van der Waals surface area contributed by atoms with Crippen LogP contribution in [0.5, 0.6) is 17.2 Å². The van der Waals surface area contributed by atoms with Crippen molar-refractivity contribution in [3.63, 3.8) is 0 Å². The number of hydrogen-bond donors (Lipinski definition) is 1. The highest BCUT2D eigenvalue weighted by Gasteiger charge is 2.48. The van der Waals surface area contributed by atoms with E-state index in [1.807, 2.05) is 0 Å². The van der Waals surface area contributed by atoms with E-state index in [0.29, 0.717) is 8.95 Å². The molecular formula is C17H8Br2ClF3O4. The zero-order chi connectivity index (χ0) is 19.9. The normalized spacial score (nSPS) is 16.2. The summed E-state index contributed by atoms with van der Waals surface area (Å²) in [7, 11) is 0. The van der Waals surface area contributed by atoms with Crippen LogP contribution in [-0.2, 0) is 4.79 Å². The molecule has 2 aromatic rings. The van der Waals surface area contributed by atoms with Crippen LogP contribution in [0, 0.1) is 0 Å². The Labute approximate surface area is 172 Å². The van der Waals surface area contributed by atoms with Crippen molar-refractivity contribution in [2.45, 2.75) is 12.3 Å². The van der Waals surface area contributed by atoms with Crippen molar-refractivity contribution in [2.24, 2.45) is 0 Å². The molecule has 0 aromatic heterocycles. The van der Waals surface area contributed by atoms with Crippen molar-refractivity contribution >= 4 is 55.5 Å². The van der Waals surface area contributed by atoms with E-state index in [2.05, 4.69) is 31.9 Å². The molecule has 0 fully saturated rings. The van der Waals surface area contributed by atoms with Gasteiger partial charge >= 0.3 is 12.1 Å². The standard InChI is InChI=1S/C17H8Br2ClF3O4/c18-10-5-12(20)14(6-11(10)19)26-8-2-1-7-3-9(16(24)25)15(17(21,22)23)27-13(7)4-8/h1-6,15H,(H,24,25). The lowest BCUT2D eigenvalue weighted by Crippen LogP contribution is -2.40. The van der Waals surface area contributed by atoms with Gasteiger partial charge in [0.15, 0.2) is 0 Å². The molecule has 1 aliphatic rings. The molecule has 1 atom stereocenters. The van der Waals surface area contributed by atoms with Gasteiger partial charge in [0.1, 0.15) is 17.2 Å². The molecule has 1 heterocycles. The first-order valence-electron chi connectivity index (χ1n) is 7.21. The zero-order valence-corrected chi connectivity index (χ0v) is 16.9. The lowest BCUT2D eigenvalue weighted by molar-refractivity contribution is -0.187. The number of aliphatic carboxylic acids is 1. The Hall–Kier alpha value is -1.71. The van der Waals surface area contributed by atoms with E-state index in [9.17, 15) is 18.0 Å². The minimum atomic E-state index is -4.88. The Balaban J connectivity index is 1.97. The van der Waals surface area contributed by atoms with Gasteiger partial charge in [0.25, 0.3) is 0 Å². The second-order valence-electron chi connectivity index (χ2n) is 5.44. The third kappa shape index (κ3) is 4.25. The zero-order valence-electron chi connectivity index (χ0n) is 13.0. The first-order valence-corrected chi connectivity index (χ1v) is 9.17. The fourth-order valence-corrected chi connectivity index (χ4v) is 3.36. The van der Waals surface area contributed by atoms with Crippen LogP contribution in [0.2, 0.25) is 5.02 Å². The second-order valence-corrected chi connectivity index (χ2v) is 7.56. The van der Waals surface area contributed by atoms with Gasteiger partial charge in [-0.3, -0.25) is 0 Å². The number of benzene rings is 2. The third-order valence-electron chi connectivity index (χ3n) is 3.57. The number of fused-ring (bicyclic) bond motifs is 1. The van der Waals surface area contributed by atoms with Gasteiger partial charge < -0.3 is 14.6 Å². The van der Waals surface area contributed by atoms with Crippen molar-refractivity contribution in [1.29, 1.82) is 0 Å². The smallest absolute Gasteiger partial charge is 0.430 e. The Morgan fingerprint density at radius 3 is 2.48 bits per heavy atom. The summed E-state index contributed by atoms with van der Waals surface area (Å²) in [5.41, 5.74) is -0.688. The monoisotopic (exact) mass is 526 g/mol. The Bertz CT molecular complexity index is 960. The number of alkyl halides is 3. The number of hydrogen-bond acceptors (Lipinski definition) is 3. The first kappa shape index (κ1) is 20.0.